The maximum absolute atomic E-state index is 14.0. The van der Waals surface area contributed by atoms with Crippen molar-refractivity contribution in [3.8, 4) is 11.5 Å². The molecule has 7 nitrogen and oxygen atoms in total. The third kappa shape index (κ3) is 5.72. The molecule has 0 radical (unpaired) electrons. The Hall–Kier alpha value is -3.94. The number of ketones is 2. The summed E-state index contributed by atoms with van der Waals surface area (Å²) in [6, 6.07) is 11.3. The quantitative estimate of drug-likeness (QED) is 0.403. The molecule has 1 amide bonds. The summed E-state index contributed by atoms with van der Waals surface area (Å²) in [7, 11) is 1.99. The number of carbonyl (C=O) groups excluding carboxylic acids is 3. The van der Waals surface area contributed by atoms with Crippen LogP contribution in [-0.2, 0) is 14.4 Å². The van der Waals surface area contributed by atoms with E-state index in [-0.39, 0.29) is 34.7 Å². The molecule has 0 atom stereocenters. The molecule has 0 spiro atoms. The average Bonchev–Trinajstić information content (AvgIpc) is 2.89. The maximum Gasteiger partial charge on any atom is 0.262 e. The summed E-state index contributed by atoms with van der Waals surface area (Å²) in [5.41, 5.74) is 3.81. The largest absolute Gasteiger partial charge is 0.490 e. The number of rotatable bonds is 7. The van der Waals surface area contributed by atoms with Gasteiger partial charge in [-0.25, -0.2) is 4.39 Å². The first kappa shape index (κ1) is 29.5. The molecule has 1 heterocycles. The molecular formula is C34H39FN2O5. The lowest BCUT2D eigenvalue weighted by atomic mass is 9.64. The number of halogens is 1. The molecule has 0 saturated carbocycles. The summed E-state index contributed by atoms with van der Waals surface area (Å²) in [6.45, 7) is 10.3. The molecule has 0 bridgehead atoms. The van der Waals surface area contributed by atoms with Gasteiger partial charge in [-0.2, -0.15) is 0 Å². The molecule has 3 aliphatic rings. The van der Waals surface area contributed by atoms with Gasteiger partial charge in [-0.05, 0) is 60.4 Å². The van der Waals surface area contributed by atoms with E-state index >= 15 is 0 Å². The Labute approximate surface area is 246 Å². The second-order valence-electron chi connectivity index (χ2n) is 13.1. The smallest absolute Gasteiger partial charge is 0.262 e. The van der Waals surface area contributed by atoms with Crippen LogP contribution in [0.15, 0.2) is 65.0 Å². The van der Waals surface area contributed by atoms with E-state index in [1.807, 2.05) is 26.1 Å². The molecule has 8 heteroatoms. The molecule has 5 rings (SSSR count). The van der Waals surface area contributed by atoms with Gasteiger partial charge in [0.15, 0.2) is 29.7 Å². The maximum atomic E-state index is 14.0. The Kier molecular flexibility index (Phi) is 7.77. The van der Waals surface area contributed by atoms with Crippen molar-refractivity contribution in [2.45, 2.75) is 66.2 Å². The second kappa shape index (κ2) is 11.0. The van der Waals surface area contributed by atoms with Crippen molar-refractivity contribution in [1.82, 2.24) is 4.90 Å². The van der Waals surface area contributed by atoms with Gasteiger partial charge in [0.2, 0.25) is 0 Å². The van der Waals surface area contributed by atoms with Crippen molar-refractivity contribution < 1.29 is 28.2 Å². The van der Waals surface area contributed by atoms with Gasteiger partial charge in [0.05, 0.1) is 12.3 Å². The lowest BCUT2D eigenvalue weighted by molar-refractivity contribution is -0.120. The van der Waals surface area contributed by atoms with Crippen LogP contribution in [0.25, 0.3) is 0 Å². The number of benzene rings is 2. The monoisotopic (exact) mass is 574 g/mol. The molecule has 0 unspecified atom stereocenters. The van der Waals surface area contributed by atoms with Crippen LogP contribution in [0.5, 0.6) is 11.5 Å². The number of nitrogens with zero attached hydrogens (tertiary/aromatic N) is 1. The normalized spacial score (nSPS) is 19.8. The Morgan fingerprint density at radius 3 is 2.07 bits per heavy atom. The number of allylic oxidation sites excluding steroid dienone is 4. The van der Waals surface area contributed by atoms with Gasteiger partial charge >= 0.3 is 0 Å². The first-order valence-corrected chi connectivity index (χ1v) is 14.5. The van der Waals surface area contributed by atoms with E-state index in [2.05, 4.69) is 37.9 Å². The Balaban J connectivity index is 1.51. The predicted molar refractivity (Wildman–Crippen MR) is 159 cm³/mol. The Bertz CT molecular complexity index is 1470. The first-order chi connectivity index (χ1) is 19.8. The van der Waals surface area contributed by atoms with Crippen LogP contribution in [0, 0.1) is 16.6 Å². The summed E-state index contributed by atoms with van der Waals surface area (Å²) in [5, 5.41) is 2.51. The van der Waals surface area contributed by atoms with E-state index in [1.165, 1.54) is 12.1 Å². The van der Waals surface area contributed by atoms with Crippen molar-refractivity contribution in [2.75, 3.05) is 25.6 Å². The Morgan fingerprint density at radius 2 is 1.50 bits per heavy atom. The topological polar surface area (TPSA) is 84.9 Å². The number of Topliss-reactive ketones (excluding diaryl/α,β-unsaturated/α-hetero) is 2. The number of hydrogen-bond acceptors (Lipinski definition) is 6. The highest BCUT2D eigenvalue weighted by Gasteiger charge is 2.48. The van der Waals surface area contributed by atoms with Gasteiger partial charge in [0.25, 0.3) is 5.91 Å². The van der Waals surface area contributed by atoms with Crippen molar-refractivity contribution in [1.29, 1.82) is 0 Å². The fourth-order valence-corrected chi connectivity index (χ4v) is 6.48. The van der Waals surface area contributed by atoms with Gasteiger partial charge in [-0.3, -0.25) is 14.4 Å². The highest BCUT2D eigenvalue weighted by atomic mass is 19.1. The minimum absolute atomic E-state index is 0.0605. The van der Waals surface area contributed by atoms with Gasteiger partial charge in [0, 0.05) is 48.3 Å². The summed E-state index contributed by atoms with van der Waals surface area (Å²) >= 11 is 0. The van der Waals surface area contributed by atoms with E-state index in [9.17, 15) is 18.8 Å². The van der Waals surface area contributed by atoms with Gasteiger partial charge in [-0.1, -0.05) is 45.9 Å². The van der Waals surface area contributed by atoms with Crippen molar-refractivity contribution in [3.63, 3.8) is 0 Å². The minimum atomic E-state index is -0.535. The zero-order chi connectivity index (χ0) is 30.4. The van der Waals surface area contributed by atoms with Crippen molar-refractivity contribution in [2.24, 2.45) is 10.8 Å². The van der Waals surface area contributed by atoms with Crippen LogP contribution < -0.4 is 14.8 Å². The van der Waals surface area contributed by atoms with E-state index in [1.54, 1.807) is 18.2 Å². The third-order valence-corrected chi connectivity index (χ3v) is 8.29. The lowest BCUT2D eigenvalue weighted by Crippen LogP contribution is -2.43. The summed E-state index contributed by atoms with van der Waals surface area (Å²) in [5.74, 6) is -0.687. The average molecular weight is 575 g/mol. The number of ether oxygens (including phenoxy) is 2. The van der Waals surface area contributed by atoms with E-state index in [0.29, 0.717) is 42.1 Å². The fourth-order valence-electron chi connectivity index (χ4n) is 6.48. The summed E-state index contributed by atoms with van der Waals surface area (Å²) in [4.78, 5) is 42.1. The third-order valence-electron chi connectivity index (χ3n) is 8.29. The van der Waals surface area contributed by atoms with Crippen LogP contribution in [0.3, 0.4) is 0 Å². The zero-order valence-corrected chi connectivity index (χ0v) is 25.2. The molecule has 0 fully saturated rings. The van der Waals surface area contributed by atoms with E-state index < -0.39 is 17.6 Å². The van der Waals surface area contributed by atoms with Crippen LogP contribution in [0.2, 0.25) is 0 Å². The van der Waals surface area contributed by atoms with Gasteiger partial charge in [0.1, 0.15) is 5.82 Å². The lowest BCUT2D eigenvalue weighted by Gasteiger charge is -2.47. The highest BCUT2D eigenvalue weighted by Crippen LogP contribution is 2.54. The molecule has 2 aromatic rings. The van der Waals surface area contributed by atoms with Crippen molar-refractivity contribution >= 4 is 23.2 Å². The molecule has 222 valence electrons. The van der Waals surface area contributed by atoms with Crippen LogP contribution >= 0.6 is 0 Å². The standard InChI is InChI=1S/C34H39FN2O5/c1-7-41-28-14-20(12-13-27(28)42-19-29(40)36-22-11-9-8-10-21(22)35)30-31-23(15-33(2,3)17-25(31)38)37(6)24-16-34(4,5)18-26(39)32(24)30/h8-14,30H,7,15-19H2,1-6H3,(H,36,40). The Morgan fingerprint density at radius 1 is 0.905 bits per heavy atom. The van der Waals surface area contributed by atoms with Crippen LogP contribution in [0.4, 0.5) is 10.1 Å². The molecular weight excluding hydrogens is 535 g/mol. The van der Waals surface area contributed by atoms with Crippen molar-refractivity contribution in [3.05, 3.63) is 76.4 Å². The number of amides is 1. The summed E-state index contributed by atoms with van der Waals surface area (Å²) in [6.07, 6.45) is 2.30. The highest BCUT2D eigenvalue weighted by molar-refractivity contribution is 6.06. The molecule has 1 N–H and O–H groups in total. The molecule has 0 saturated heterocycles. The van der Waals surface area contributed by atoms with E-state index in [4.69, 9.17) is 9.47 Å². The number of para-hydroxylation sites is 1. The SMILES string of the molecule is CCOc1cc(C2C3=C(CC(C)(C)CC3=O)N(C)C3=C2C(=O)CC(C)(C)C3)ccc1OCC(=O)Nc1ccccc1F. The molecule has 2 aromatic carbocycles. The summed E-state index contributed by atoms with van der Waals surface area (Å²) < 4.78 is 25.7. The fraction of sp³-hybridized carbons (Fsp3) is 0.441. The van der Waals surface area contributed by atoms with E-state index in [0.717, 1.165) is 29.8 Å². The number of carbonyl (C=O) groups is 3. The first-order valence-electron chi connectivity index (χ1n) is 14.5. The number of hydrogen-bond donors (Lipinski definition) is 1. The molecule has 1 aliphatic heterocycles. The molecule has 0 aromatic heterocycles. The van der Waals surface area contributed by atoms with Gasteiger partial charge < -0.3 is 19.7 Å². The van der Waals surface area contributed by atoms with Crippen LogP contribution in [-0.4, -0.2) is 42.6 Å². The van der Waals surface area contributed by atoms with Gasteiger partial charge in [-0.15, -0.1) is 0 Å². The number of anilines is 1. The van der Waals surface area contributed by atoms with Crippen LogP contribution in [0.1, 0.15) is 71.8 Å². The second-order valence-corrected chi connectivity index (χ2v) is 13.1. The molecule has 42 heavy (non-hydrogen) atoms. The minimum Gasteiger partial charge on any atom is -0.490 e. The zero-order valence-electron chi connectivity index (χ0n) is 25.2. The molecule has 2 aliphatic carbocycles. The number of nitrogens with one attached hydrogen (secondary N) is 1. The predicted octanol–water partition coefficient (Wildman–Crippen LogP) is 6.56.